The van der Waals surface area contributed by atoms with Crippen LogP contribution in [-0.4, -0.2) is 42.1 Å². The van der Waals surface area contributed by atoms with Gasteiger partial charge in [-0.25, -0.2) is 4.98 Å². The van der Waals surface area contributed by atoms with E-state index in [9.17, 15) is 4.79 Å². The summed E-state index contributed by atoms with van der Waals surface area (Å²) in [5.74, 6) is 0.473. The van der Waals surface area contributed by atoms with E-state index in [0.29, 0.717) is 29.5 Å². The molecule has 2 heterocycles. The van der Waals surface area contributed by atoms with Gasteiger partial charge >= 0.3 is 0 Å². The maximum Gasteiger partial charge on any atom is 0.278 e. The third-order valence-electron chi connectivity index (χ3n) is 3.86. The first kappa shape index (κ1) is 20.3. The number of methoxy groups -OCH3 is 1. The molecule has 1 aromatic heterocycles. The molecular formula is C17H30N4O3. The van der Waals surface area contributed by atoms with E-state index < -0.39 is 0 Å². The standard InChI is InChI=1S/C10H16N4O.C7H14O2/c1-4-6(2)5-12-8-7(3)13-10(11)14-9(8)15;1-6-3-4-7(9-6)5-8-2/h5-6H,4H2,1-3H3,(H3,11,13,14,15);6-7H,3-5H2,1-2H3. The quantitative estimate of drug-likeness (QED) is 0.803. The number of rotatable bonds is 5. The van der Waals surface area contributed by atoms with E-state index in [0.717, 1.165) is 19.4 Å². The van der Waals surface area contributed by atoms with Crippen molar-refractivity contribution in [3.63, 3.8) is 0 Å². The minimum atomic E-state index is -0.292. The molecule has 0 bridgehead atoms. The molecule has 3 N–H and O–H groups in total. The molecule has 3 unspecified atom stereocenters. The smallest absolute Gasteiger partial charge is 0.278 e. The molecule has 0 saturated carbocycles. The number of ether oxygens (including phenoxy) is 2. The predicted octanol–water partition coefficient (Wildman–Crippen LogP) is 2.61. The molecule has 1 aromatic rings. The second kappa shape index (κ2) is 10.2. The summed E-state index contributed by atoms with van der Waals surface area (Å²) in [5.41, 5.74) is 5.99. The zero-order valence-electron chi connectivity index (χ0n) is 15.3. The number of nitrogens with one attached hydrogen (secondary N) is 1. The third kappa shape index (κ3) is 6.80. The van der Waals surface area contributed by atoms with Crippen LogP contribution in [0.15, 0.2) is 9.79 Å². The Morgan fingerprint density at radius 2 is 2.25 bits per heavy atom. The molecule has 7 nitrogen and oxygen atoms in total. The molecule has 1 aliphatic rings. The zero-order valence-corrected chi connectivity index (χ0v) is 15.3. The fraction of sp³-hybridized carbons (Fsp3) is 0.706. The highest BCUT2D eigenvalue weighted by Crippen LogP contribution is 2.18. The Bertz CT molecular complexity index is 584. The van der Waals surface area contributed by atoms with Crippen molar-refractivity contribution in [2.24, 2.45) is 10.9 Å². The van der Waals surface area contributed by atoms with E-state index in [1.54, 1.807) is 20.2 Å². The lowest BCUT2D eigenvalue weighted by atomic mass is 10.1. The van der Waals surface area contributed by atoms with Crippen molar-refractivity contribution >= 4 is 17.9 Å². The largest absolute Gasteiger partial charge is 0.382 e. The van der Waals surface area contributed by atoms with Gasteiger partial charge in [-0.05, 0) is 39.0 Å². The second-order valence-electron chi connectivity index (χ2n) is 6.15. The van der Waals surface area contributed by atoms with Gasteiger partial charge in [0.15, 0.2) is 0 Å². The fourth-order valence-corrected chi connectivity index (χ4v) is 2.25. The molecule has 0 spiro atoms. The lowest BCUT2D eigenvalue weighted by Gasteiger charge is -2.08. The van der Waals surface area contributed by atoms with Crippen LogP contribution in [0.3, 0.4) is 0 Å². The van der Waals surface area contributed by atoms with E-state index in [2.05, 4.69) is 28.8 Å². The molecule has 24 heavy (non-hydrogen) atoms. The normalized spacial score (nSPS) is 21.5. The number of nitrogen functional groups attached to an aromatic ring is 1. The Kier molecular flexibility index (Phi) is 8.63. The summed E-state index contributed by atoms with van der Waals surface area (Å²) in [7, 11) is 1.71. The predicted molar refractivity (Wildman–Crippen MR) is 97.1 cm³/mol. The van der Waals surface area contributed by atoms with Gasteiger partial charge in [0.05, 0.1) is 24.5 Å². The number of H-pyrrole nitrogens is 1. The second-order valence-corrected chi connectivity index (χ2v) is 6.15. The summed E-state index contributed by atoms with van der Waals surface area (Å²) >= 11 is 0. The Hall–Kier alpha value is -1.73. The first-order valence-corrected chi connectivity index (χ1v) is 8.42. The SMILES string of the molecule is CCC(C)C=Nc1c(C)nc(N)[nH]c1=O.COCC1CCC(C)O1. The van der Waals surface area contributed by atoms with Gasteiger partial charge in [0, 0.05) is 13.3 Å². The Morgan fingerprint density at radius 1 is 1.54 bits per heavy atom. The van der Waals surface area contributed by atoms with Crippen LogP contribution in [0.25, 0.3) is 0 Å². The van der Waals surface area contributed by atoms with Crippen molar-refractivity contribution in [3.05, 3.63) is 16.0 Å². The van der Waals surface area contributed by atoms with Crippen LogP contribution in [-0.2, 0) is 9.47 Å². The Morgan fingerprint density at radius 3 is 2.75 bits per heavy atom. The van der Waals surface area contributed by atoms with Crippen molar-refractivity contribution in [2.75, 3.05) is 19.5 Å². The molecule has 0 radical (unpaired) electrons. The van der Waals surface area contributed by atoms with Crippen LogP contribution in [0.2, 0.25) is 0 Å². The van der Waals surface area contributed by atoms with Gasteiger partial charge < -0.3 is 15.2 Å². The number of aromatic amines is 1. The highest BCUT2D eigenvalue weighted by atomic mass is 16.5. The molecular weight excluding hydrogens is 308 g/mol. The number of hydrogen-bond acceptors (Lipinski definition) is 6. The van der Waals surface area contributed by atoms with Crippen LogP contribution in [0, 0.1) is 12.8 Å². The molecule has 1 aliphatic heterocycles. The molecule has 3 atom stereocenters. The molecule has 1 fully saturated rings. The number of aliphatic imine (C=N–C) groups is 1. The number of aromatic nitrogens is 2. The molecule has 1 saturated heterocycles. The van der Waals surface area contributed by atoms with E-state index in [4.69, 9.17) is 15.2 Å². The maximum absolute atomic E-state index is 11.5. The topological polar surface area (TPSA) is 103 Å². The van der Waals surface area contributed by atoms with Crippen molar-refractivity contribution < 1.29 is 9.47 Å². The Labute approximate surface area is 143 Å². The first-order chi connectivity index (χ1) is 11.4. The Balaban J connectivity index is 0.000000272. The van der Waals surface area contributed by atoms with Crippen molar-refractivity contribution in [1.82, 2.24) is 9.97 Å². The van der Waals surface area contributed by atoms with Gasteiger partial charge in [-0.1, -0.05) is 13.8 Å². The average molecular weight is 338 g/mol. The summed E-state index contributed by atoms with van der Waals surface area (Å²) in [4.78, 5) is 22.0. The summed E-state index contributed by atoms with van der Waals surface area (Å²) in [5, 5.41) is 0. The van der Waals surface area contributed by atoms with E-state index in [1.165, 1.54) is 6.42 Å². The number of aryl methyl sites for hydroxylation is 1. The van der Waals surface area contributed by atoms with Gasteiger partial charge in [0.25, 0.3) is 5.56 Å². The minimum Gasteiger partial charge on any atom is -0.382 e. The maximum atomic E-state index is 11.5. The third-order valence-corrected chi connectivity index (χ3v) is 3.86. The zero-order chi connectivity index (χ0) is 18.1. The summed E-state index contributed by atoms with van der Waals surface area (Å²) in [6.07, 6.45) is 5.91. The van der Waals surface area contributed by atoms with Crippen LogP contribution >= 0.6 is 0 Å². The van der Waals surface area contributed by atoms with Crippen LogP contribution in [0.1, 0.15) is 45.7 Å². The van der Waals surface area contributed by atoms with Gasteiger partial charge in [-0.3, -0.25) is 14.8 Å². The lowest BCUT2D eigenvalue weighted by Crippen LogP contribution is -2.14. The minimum absolute atomic E-state index is 0.125. The monoisotopic (exact) mass is 338 g/mol. The molecule has 0 aliphatic carbocycles. The van der Waals surface area contributed by atoms with Crippen molar-refractivity contribution in [2.45, 2.75) is 59.2 Å². The van der Waals surface area contributed by atoms with Gasteiger partial charge in [0.2, 0.25) is 5.95 Å². The fourth-order valence-electron chi connectivity index (χ4n) is 2.25. The average Bonchev–Trinajstić information content (AvgIpc) is 2.92. The number of hydrogen-bond donors (Lipinski definition) is 2. The summed E-state index contributed by atoms with van der Waals surface area (Å²) < 4.78 is 10.4. The number of anilines is 1. The first-order valence-electron chi connectivity index (χ1n) is 8.42. The highest BCUT2D eigenvalue weighted by Gasteiger charge is 2.20. The number of nitrogens with zero attached hydrogens (tertiary/aromatic N) is 2. The van der Waals surface area contributed by atoms with Gasteiger partial charge in [-0.2, -0.15) is 0 Å². The van der Waals surface area contributed by atoms with Crippen LogP contribution < -0.4 is 11.3 Å². The molecule has 136 valence electrons. The number of nitrogens with two attached hydrogens (primary N) is 1. The van der Waals surface area contributed by atoms with Gasteiger partial charge in [0.1, 0.15) is 5.69 Å². The molecule has 0 aromatic carbocycles. The summed E-state index contributed by atoms with van der Waals surface area (Å²) in [6.45, 7) is 8.68. The van der Waals surface area contributed by atoms with E-state index >= 15 is 0 Å². The molecule has 7 heteroatoms. The summed E-state index contributed by atoms with van der Waals surface area (Å²) in [6, 6.07) is 0. The highest BCUT2D eigenvalue weighted by molar-refractivity contribution is 5.65. The van der Waals surface area contributed by atoms with Crippen molar-refractivity contribution in [1.29, 1.82) is 0 Å². The lowest BCUT2D eigenvalue weighted by molar-refractivity contribution is 0.00552. The van der Waals surface area contributed by atoms with E-state index in [1.807, 2.05) is 6.92 Å². The molecule has 0 amide bonds. The van der Waals surface area contributed by atoms with Crippen LogP contribution in [0.4, 0.5) is 11.6 Å². The van der Waals surface area contributed by atoms with E-state index in [-0.39, 0.29) is 11.5 Å². The molecule has 2 rings (SSSR count). The van der Waals surface area contributed by atoms with Gasteiger partial charge in [-0.15, -0.1) is 0 Å². The van der Waals surface area contributed by atoms with Crippen molar-refractivity contribution in [3.8, 4) is 0 Å². The van der Waals surface area contributed by atoms with Crippen LogP contribution in [0.5, 0.6) is 0 Å².